The van der Waals surface area contributed by atoms with Gasteiger partial charge in [0.05, 0.1) is 0 Å². The predicted molar refractivity (Wildman–Crippen MR) is 70.7 cm³/mol. The quantitative estimate of drug-likeness (QED) is 0.846. The second-order valence-electron chi connectivity index (χ2n) is 5.84. The molecule has 0 bridgehead atoms. The number of rotatable bonds is 2. The number of likely N-dealkylation sites (tertiary alicyclic amines) is 1. The van der Waals surface area contributed by atoms with Crippen LogP contribution in [0.15, 0.2) is 30.3 Å². The average molecular weight is 230 g/mol. The summed E-state index contributed by atoms with van der Waals surface area (Å²) in [6.07, 6.45) is 4.06. The number of hydrogen-bond donors (Lipinski definition) is 1. The first-order valence-electron chi connectivity index (χ1n) is 6.76. The molecule has 1 saturated carbocycles. The Morgan fingerprint density at radius 2 is 2.00 bits per heavy atom. The molecule has 1 unspecified atom stereocenters. The molecule has 1 saturated heterocycles. The highest BCUT2D eigenvalue weighted by atomic mass is 15.2. The summed E-state index contributed by atoms with van der Waals surface area (Å²) >= 11 is 0. The third-order valence-electron chi connectivity index (χ3n) is 4.91. The maximum Gasteiger partial charge on any atom is 0.0320 e. The van der Waals surface area contributed by atoms with E-state index in [2.05, 4.69) is 42.2 Å². The smallest absolute Gasteiger partial charge is 0.0320 e. The van der Waals surface area contributed by atoms with E-state index in [1.807, 2.05) is 0 Å². The lowest BCUT2D eigenvalue weighted by Crippen LogP contribution is -2.45. The van der Waals surface area contributed by atoms with Gasteiger partial charge in [-0.05, 0) is 30.7 Å². The SMILES string of the molecule is C[C@@H](c1ccccc1)N1CC(N)C2(CCC2)C1. The van der Waals surface area contributed by atoms with E-state index >= 15 is 0 Å². The molecule has 1 aromatic rings. The summed E-state index contributed by atoms with van der Waals surface area (Å²) in [5.41, 5.74) is 8.21. The molecule has 0 radical (unpaired) electrons. The van der Waals surface area contributed by atoms with Crippen molar-refractivity contribution < 1.29 is 0 Å². The lowest BCUT2D eigenvalue weighted by atomic mass is 9.66. The zero-order chi connectivity index (χ0) is 11.9. The zero-order valence-electron chi connectivity index (χ0n) is 10.6. The highest BCUT2D eigenvalue weighted by molar-refractivity contribution is 5.19. The van der Waals surface area contributed by atoms with E-state index in [1.165, 1.54) is 31.4 Å². The fourth-order valence-electron chi connectivity index (χ4n) is 3.43. The molecule has 0 amide bonds. The van der Waals surface area contributed by atoms with Crippen molar-refractivity contribution in [3.05, 3.63) is 35.9 Å². The van der Waals surface area contributed by atoms with Crippen molar-refractivity contribution >= 4 is 0 Å². The average Bonchev–Trinajstić information content (AvgIpc) is 2.67. The molecule has 1 aliphatic carbocycles. The molecule has 2 aliphatic rings. The Balaban J connectivity index is 1.74. The first-order chi connectivity index (χ1) is 8.21. The Kier molecular flexibility index (Phi) is 2.72. The summed E-state index contributed by atoms with van der Waals surface area (Å²) in [6, 6.07) is 11.7. The minimum Gasteiger partial charge on any atom is -0.326 e. The van der Waals surface area contributed by atoms with Gasteiger partial charge in [-0.25, -0.2) is 0 Å². The zero-order valence-corrected chi connectivity index (χ0v) is 10.6. The van der Waals surface area contributed by atoms with Gasteiger partial charge in [0, 0.05) is 25.2 Å². The highest BCUT2D eigenvalue weighted by Crippen LogP contribution is 2.48. The summed E-state index contributed by atoms with van der Waals surface area (Å²) in [6.45, 7) is 4.57. The lowest BCUT2D eigenvalue weighted by molar-refractivity contribution is 0.114. The lowest BCUT2D eigenvalue weighted by Gasteiger charge is -2.41. The highest BCUT2D eigenvalue weighted by Gasteiger charge is 2.49. The van der Waals surface area contributed by atoms with Crippen LogP contribution in [0, 0.1) is 5.41 Å². The fraction of sp³-hybridized carbons (Fsp3) is 0.600. The Hall–Kier alpha value is -0.860. The van der Waals surface area contributed by atoms with Gasteiger partial charge in [0.2, 0.25) is 0 Å². The molecule has 3 rings (SSSR count). The molecule has 1 aromatic carbocycles. The molecule has 1 heterocycles. The van der Waals surface area contributed by atoms with Crippen LogP contribution < -0.4 is 5.73 Å². The van der Waals surface area contributed by atoms with Gasteiger partial charge in [0.1, 0.15) is 0 Å². The Labute approximate surface area is 104 Å². The van der Waals surface area contributed by atoms with E-state index in [0.717, 1.165) is 6.54 Å². The van der Waals surface area contributed by atoms with Crippen LogP contribution in [0.3, 0.4) is 0 Å². The van der Waals surface area contributed by atoms with Gasteiger partial charge in [-0.1, -0.05) is 36.8 Å². The van der Waals surface area contributed by atoms with Crippen LogP contribution in [0.4, 0.5) is 0 Å². The van der Waals surface area contributed by atoms with Crippen molar-refractivity contribution in [2.75, 3.05) is 13.1 Å². The molecule has 2 N–H and O–H groups in total. The van der Waals surface area contributed by atoms with Crippen molar-refractivity contribution in [3.63, 3.8) is 0 Å². The van der Waals surface area contributed by atoms with E-state index in [1.54, 1.807) is 0 Å². The van der Waals surface area contributed by atoms with Gasteiger partial charge in [0.15, 0.2) is 0 Å². The molecule has 1 spiro atoms. The third-order valence-corrected chi connectivity index (χ3v) is 4.91. The molecular formula is C15H22N2. The minimum absolute atomic E-state index is 0.391. The molecule has 0 aromatic heterocycles. The molecule has 2 fully saturated rings. The molecule has 2 nitrogen and oxygen atoms in total. The van der Waals surface area contributed by atoms with Crippen molar-refractivity contribution in [3.8, 4) is 0 Å². The van der Waals surface area contributed by atoms with Crippen molar-refractivity contribution in [2.45, 2.75) is 38.3 Å². The Bertz CT molecular complexity index is 383. The molecule has 2 atom stereocenters. The van der Waals surface area contributed by atoms with Gasteiger partial charge in [-0.2, -0.15) is 0 Å². The monoisotopic (exact) mass is 230 g/mol. The van der Waals surface area contributed by atoms with E-state index in [-0.39, 0.29) is 0 Å². The van der Waals surface area contributed by atoms with Crippen molar-refractivity contribution in [2.24, 2.45) is 11.1 Å². The Morgan fingerprint density at radius 3 is 2.53 bits per heavy atom. The molecular weight excluding hydrogens is 208 g/mol. The molecule has 2 heteroatoms. The van der Waals surface area contributed by atoms with Crippen LogP contribution in [0.5, 0.6) is 0 Å². The summed E-state index contributed by atoms with van der Waals surface area (Å²) in [4.78, 5) is 2.57. The summed E-state index contributed by atoms with van der Waals surface area (Å²) in [7, 11) is 0. The summed E-state index contributed by atoms with van der Waals surface area (Å²) in [5.74, 6) is 0. The topological polar surface area (TPSA) is 29.3 Å². The van der Waals surface area contributed by atoms with Gasteiger partial charge in [0.25, 0.3) is 0 Å². The summed E-state index contributed by atoms with van der Waals surface area (Å²) < 4.78 is 0. The van der Waals surface area contributed by atoms with E-state index < -0.39 is 0 Å². The van der Waals surface area contributed by atoms with Crippen molar-refractivity contribution in [1.82, 2.24) is 4.90 Å². The Morgan fingerprint density at radius 1 is 1.29 bits per heavy atom. The second-order valence-corrected chi connectivity index (χ2v) is 5.84. The predicted octanol–water partition coefficient (Wildman–Crippen LogP) is 2.56. The first kappa shape index (κ1) is 11.2. The van der Waals surface area contributed by atoms with Crippen LogP contribution in [0.1, 0.15) is 37.8 Å². The minimum atomic E-state index is 0.391. The van der Waals surface area contributed by atoms with Gasteiger partial charge >= 0.3 is 0 Å². The number of hydrogen-bond acceptors (Lipinski definition) is 2. The molecule has 92 valence electrons. The number of benzene rings is 1. The first-order valence-corrected chi connectivity index (χ1v) is 6.76. The normalized spacial score (nSPS) is 29.2. The second kappa shape index (κ2) is 4.11. The van der Waals surface area contributed by atoms with Gasteiger partial charge in [-0.15, -0.1) is 0 Å². The number of nitrogens with zero attached hydrogens (tertiary/aromatic N) is 1. The largest absolute Gasteiger partial charge is 0.326 e. The van der Waals surface area contributed by atoms with Crippen LogP contribution in [-0.4, -0.2) is 24.0 Å². The van der Waals surface area contributed by atoms with Crippen LogP contribution in [-0.2, 0) is 0 Å². The maximum atomic E-state index is 6.34. The molecule has 17 heavy (non-hydrogen) atoms. The van der Waals surface area contributed by atoms with Gasteiger partial charge < -0.3 is 5.73 Å². The third kappa shape index (κ3) is 1.80. The standard InChI is InChI=1S/C15H22N2/c1-12(13-6-3-2-4-7-13)17-10-14(16)15(11-17)8-5-9-15/h2-4,6-7,12,14H,5,8-11,16H2,1H3/t12-,14?/m0/s1. The number of nitrogens with two attached hydrogens (primary N) is 1. The van der Waals surface area contributed by atoms with Gasteiger partial charge in [-0.3, -0.25) is 4.90 Å². The van der Waals surface area contributed by atoms with E-state index in [0.29, 0.717) is 17.5 Å². The van der Waals surface area contributed by atoms with E-state index in [4.69, 9.17) is 5.73 Å². The van der Waals surface area contributed by atoms with Crippen LogP contribution >= 0.6 is 0 Å². The van der Waals surface area contributed by atoms with E-state index in [9.17, 15) is 0 Å². The van der Waals surface area contributed by atoms with Crippen molar-refractivity contribution in [1.29, 1.82) is 0 Å². The summed E-state index contributed by atoms with van der Waals surface area (Å²) in [5, 5.41) is 0. The molecule has 1 aliphatic heterocycles. The fourth-order valence-corrected chi connectivity index (χ4v) is 3.43. The maximum absolute atomic E-state index is 6.34. The van der Waals surface area contributed by atoms with Crippen LogP contribution in [0.25, 0.3) is 0 Å². The van der Waals surface area contributed by atoms with Crippen LogP contribution in [0.2, 0.25) is 0 Å².